The molecule has 3 nitrogen and oxygen atoms in total. The Morgan fingerprint density at radius 3 is 2.50 bits per heavy atom. The average molecular weight is 170 g/mol. The summed E-state index contributed by atoms with van der Waals surface area (Å²) in [5.74, 6) is 0.265. The zero-order valence-corrected chi connectivity index (χ0v) is 7.79. The van der Waals surface area contributed by atoms with Crippen LogP contribution in [0.15, 0.2) is 12.2 Å². The van der Waals surface area contributed by atoms with Gasteiger partial charge in [-0.15, -0.1) is 0 Å². The molecular formula is C9H18N2O. The van der Waals surface area contributed by atoms with Crippen molar-refractivity contribution >= 4 is 5.91 Å². The van der Waals surface area contributed by atoms with E-state index in [0.717, 1.165) is 6.42 Å². The maximum absolute atomic E-state index is 10.3. The van der Waals surface area contributed by atoms with Gasteiger partial charge in [0.15, 0.2) is 0 Å². The summed E-state index contributed by atoms with van der Waals surface area (Å²) < 4.78 is 0. The lowest BCUT2D eigenvalue weighted by Crippen LogP contribution is -2.19. The summed E-state index contributed by atoms with van der Waals surface area (Å²) in [5, 5.41) is 0. The molecule has 4 N–H and O–H groups in total. The predicted molar refractivity (Wildman–Crippen MR) is 50.4 cm³/mol. The van der Waals surface area contributed by atoms with E-state index in [9.17, 15) is 4.79 Å². The molecule has 0 aliphatic rings. The summed E-state index contributed by atoms with van der Waals surface area (Å²) in [6.07, 6.45) is 4.79. The van der Waals surface area contributed by atoms with Crippen LogP contribution in [0.2, 0.25) is 0 Å². The van der Waals surface area contributed by atoms with Crippen LogP contribution < -0.4 is 11.5 Å². The smallest absolute Gasteiger partial charge is 0.221 e. The van der Waals surface area contributed by atoms with E-state index in [1.807, 2.05) is 6.08 Å². The number of primary amides is 1. The van der Waals surface area contributed by atoms with Crippen molar-refractivity contribution in [2.75, 3.05) is 0 Å². The topological polar surface area (TPSA) is 69.1 Å². The maximum atomic E-state index is 10.3. The highest BCUT2D eigenvalue weighted by atomic mass is 16.1. The molecule has 0 aliphatic heterocycles. The average Bonchev–Trinajstić information content (AvgIpc) is 1.84. The molecule has 12 heavy (non-hydrogen) atoms. The van der Waals surface area contributed by atoms with Gasteiger partial charge in [0.2, 0.25) is 5.91 Å². The van der Waals surface area contributed by atoms with Crippen LogP contribution in [0.5, 0.6) is 0 Å². The molecule has 0 aromatic rings. The number of hydrogen-bond donors (Lipinski definition) is 2. The summed E-state index contributed by atoms with van der Waals surface area (Å²) in [6, 6.07) is 0.0457. The lowest BCUT2D eigenvalue weighted by molar-refractivity contribution is -0.117. The molecule has 0 heterocycles. The van der Waals surface area contributed by atoms with Crippen LogP contribution in [0, 0.1) is 5.92 Å². The van der Waals surface area contributed by atoms with Gasteiger partial charge >= 0.3 is 0 Å². The Labute approximate surface area is 73.8 Å². The first kappa shape index (κ1) is 11.2. The Kier molecular flexibility index (Phi) is 5.37. The molecule has 0 aliphatic carbocycles. The van der Waals surface area contributed by atoms with Crippen LogP contribution in [0.4, 0.5) is 0 Å². The molecule has 0 saturated heterocycles. The van der Waals surface area contributed by atoms with Gasteiger partial charge in [-0.1, -0.05) is 26.0 Å². The van der Waals surface area contributed by atoms with Crippen molar-refractivity contribution in [3.05, 3.63) is 12.2 Å². The third-order valence-electron chi connectivity index (χ3n) is 1.45. The van der Waals surface area contributed by atoms with Gasteiger partial charge in [-0.05, 0) is 12.3 Å². The Morgan fingerprint density at radius 1 is 1.50 bits per heavy atom. The number of nitrogens with two attached hydrogens (primary N) is 2. The number of rotatable bonds is 5. The third kappa shape index (κ3) is 7.28. The van der Waals surface area contributed by atoms with Crippen molar-refractivity contribution in [2.24, 2.45) is 17.4 Å². The molecule has 0 unspecified atom stereocenters. The lowest BCUT2D eigenvalue weighted by Gasteiger charge is -2.08. The van der Waals surface area contributed by atoms with Gasteiger partial charge in [-0.25, -0.2) is 0 Å². The fourth-order valence-corrected chi connectivity index (χ4v) is 0.982. The molecular weight excluding hydrogens is 152 g/mol. The normalized spacial score (nSPS) is 14.0. The number of carbonyl (C=O) groups is 1. The van der Waals surface area contributed by atoms with Gasteiger partial charge in [0, 0.05) is 12.5 Å². The van der Waals surface area contributed by atoms with Crippen LogP contribution in [-0.4, -0.2) is 11.9 Å². The van der Waals surface area contributed by atoms with E-state index in [1.54, 1.807) is 6.08 Å². The van der Waals surface area contributed by atoms with E-state index in [1.165, 1.54) is 0 Å². The summed E-state index contributed by atoms with van der Waals surface area (Å²) in [6.45, 7) is 4.23. The van der Waals surface area contributed by atoms with Crippen LogP contribution in [-0.2, 0) is 4.79 Å². The summed E-state index contributed by atoms with van der Waals surface area (Å²) in [7, 11) is 0. The first-order chi connectivity index (χ1) is 5.52. The Hall–Kier alpha value is -0.830. The zero-order chi connectivity index (χ0) is 9.56. The number of amides is 1. The molecule has 3 heteroatoms. The molecule has 0 aromatic carbocycles. The molecule has 0 fully saturated rings. The third-order valence-corrected chi connectivity index (χ3v) is 1.45. The SMILES string of the molecule is CC(C)C[C@H](N)C=CCC(N)=O. The van der Waals surface area contributed by atoms with Crippen molar-refractivity contribution in [3.8, 4) is 0 Å². The minimum atomic E-state index is -0.317. The second-order valence-corrected chi connectivity index (χ2v) is 3.39. The highest BCUT2D eigenvalue weighted by Crippen LogP contribution is 2.03. The van der Waals surface area contributed by atoms with Crippen molar-refractivity contribution in [3.63, 3.8) is 0 Å². The van der Waals surface area contributed by atoms with Crippen LogP contribution >= 0.6 is 0 Å². The molecule has 0 saturated carbocycles. The van der Waals surface area contributed by atoms with Crippen molar-refractivity contribution in [1.29, 1.82) is 0 Å². The minimum absolute atomic E-state index is 0.0457. The minimum Gasteiger partial charge on any atom is -0.369 e. The quantitative estimate of drug-likeness (QED) is 0.599. The summed E-state index contributed by atoms with van der Waals surface area (Å²) in [4.78, 5) is 10.3. The molecule has 70 valence electrons. The first-order valence-corrected chi connectivity index (χ1v) is 4.23. The number of hydrogen-bond acceptors (Lipinski definition) is 2. The van der Waals surface area contributed by atoms with E-state index >= 15 is 0 Å². The van der Waals surface area contributed by atoms with Gasteiger partial charge in [-0.3, -0.25) is 4.79 Å². The molecule has 0 aromatic heterocycles. The van der Waals surface area contributed by atoms with E-state index in [4.69, 9.17) is 11.5 Å². The van der Waals surface area contributed by atoms with Crippen LogP contribution in [0.25, 0.3) is 0 Å². The standard InChI is InChI=1S/C9H18N2O/c1-7(2)6-8(10)4-3-5-9(11)12/h3-4,7-8H,5-6,10H2,1-2H3,(H2,11,12)/t8-/m1/s1. The lowest BCUT2D eigenvalue weighted by atomic mass is 10.0. The first-order valence-electron chi connectivity index (χ1n) is 4.23. The van der Waals surface area contributed by atoms with Crippen molar-refractivity contribution in [2.45, 2.75) is 32.7 Å². The van der Waals surface area contributed by atoms with E-state index in [2.05, 4.69) is 13.8 Å². The van der Waals surface area contributed by atoms with Crippen LogP contribution in [0.3, 0.4) is 0 Å². The molecule has 0 bridgehead atoms. The molecule has 0 radical (unpaired) electrons. The zero-order valence-electron chi connectivity index (χ0n) is 7.79. The van der Waals surface area contributed by atoms with Gasteiger partial charge < -0.3 is 11.5 Å². The highest BCUT2D eigenvalue weighted by Gasteiger charge is 2.00. The maximum Gasteiger partial charge on any atom is 0.221 e. The van der Waals surface area contributed by atoms with Gasteiger partial charge in [-0.2, -0.15) is 0 Å². The van der Waals surface area contributed by atoms with Gasteiger partial charge in [0.1, 0.15) is 0 Å². The van der Waals surface area contributed by atoms with E-state index in [-0.39, 0.29) is 18.4 Å². The summed E-state index contributed by atoms with van der Waals surface area (Å²) >= 11 is 0. The molecule has 1 atom stereocenters. The van der Waals surface area contributed by atoms with Crippen molar-refractivity contribution < 1.29 is 4.79 Å². The monoisotopic (exact) mass is 170 g/mol. The van der Waals surface area contributed by atoms with Crippen LogP contribution in [0.1, 0.15) is 26.7 Å². The fourth-order valence-electron chi connectivity index (χ4n) is 0.982. The Morgan fingerprint density at radius 2 is 2.08 bits per heavy atom. The second kappa shape index (κ2) is 5.77. The Bertz CT molecular complexity index is 164. The highest BCUT2D eigenvalue weighted by molar-refractivity contribution is 5.75. The Balaban J connectivity index is 3.60. The summed E-state index contributed by atoms with van der Waals surface area (Å²) in [5.41, 5.74) is 10.7. The molecule has 0 spiro atoms. The van der Waals surface area contributed by atoms with E-state index < -0.39 is 0 Å². The molecule has 1 amide bonds. The second-order valence-electron chi connectivity index (χ2n) is 3.39. The largest absolute Gasteiger partial charge is 0.369 e. The fraction of sp³-hybridized carbons (Fsp3) is 0.667. The van der Waals surface area contributed by atoms with Gasteiger partial charge in [0.05, 0.1) is 0 Å². The predicted octanol–water partition coefficient (Wildman–Crippen LogP) is 0.791. The number of carbonyl (C=O) groups excluding carboxylic acids is 1. The molecule has 0 rings (SSSR count). The van der Waals surface area contributed by atoms with Crippen molar-refractivity contribution in [1.82, 2.24) is 0 Å². The van der Waals surface area contributed by atoms with E-state index in [0.29, 0.717) is 5.92 Å². The van der Waals surface area contributed by atoms with Gasteiger partial charge in [0.25, 0.3) is 0 Å².